The van der Waals surface area contributed by atoms with Gasteiger partial charge in [0.15, 0.2) is 0 Å². The van der Waals surface area contributed by atoms with Crippen molar-refractivity contribution in [3.8, 4) is 0 Å². The molecule has 1 atom stereocenters. The highest BCUT2D eigenvalue weighted by molar-refractivity contribution is 7.89. The van der Waals surface area contributed by atoms with E-state index in [1.54, 1.807) is 18.3 Å². The lowest BCUT2D eigenvalue weighted by Gasteiger charge is -2.32. The van der Waals surface area contributed by atoms with Crippen LogP contribution in [0.5, 0.6) is 0 Å². The van der Waals surface area contributed by atoms with Crippen LogP contribution in [-0.2, 0) is 10.0 Å². The average Bonchev–Trinajstić information content (AvgIpc) is 2.69. The average molecular weight is 412 g/mol. The van der Waals surface area contributed by atoms with Crippen LogP contribution < -0.4 is 5.32 Å². The molecular weight excluding hydrogens is 393 g/mol. The molecule has 1 aliphatic rings. The molecule has 0 bridgehead atoms. The summed E-state index contributed by atoms with van der Waals surface area (Å²) in [6, 6.07) is 6.73. The first-order chi connectivity index (χ1) is 12.9. The van der Waals surface area contributed by atoms with Gasteiger partial charge < -0.3 is 5.32 Å². The number of piperidine rings is 1. The van der Waals surface area contributed by atoms with Crippen LogP contribution in [0.1, 0.15) is 23.2 Å². The van der Waals surface area contributed by atoms with Crippen LogP contribution in [0.15, 0.2) is 47.6 Å². The minimum atomic E-state index is -3.77. The second-order valence-corrected chi connectivity index (χ2v) is 8.74. The quantitative estimate of drug-likeness (QED) is 0.820. The van der Waals surface area contributed by atoms with E-state index in [4.69, 9.17) is 11.6 Å². The highest BCUT2D eigenvalue weighted by Crippen LogP contribution is 2.26. The number of nitrogens with one attached hydrogen (secondary N) is 1. The molecule has 0 saturated carbocycles. The summed E-state index contributed by atoms with van der Waals surface area (Å²) in [4.78, 5) is 16.0. The normalized spacial score (nSPS) is 18.2. The van der Waals surface area contributed by atoms with Crippen molar-refractivity contribution >= 4 is 27.5 Å². The van der Waals surface area contributed by atoms with E-state index in [1.165, 1.54) is 16.6 Å². The molecule has 0 aliphatic carbocycles. The number of carbonyl (C=O) groups excluding carboxylic acids is 1. The Morgan fingerprint density at radius 3 is 2.89 bits per heavy atom. The zero-order valence-electron chi connectivity index (χ0n) is 14.4. The minimum Gasteiger partial charge on any atom is -0.352 e. The van der Waals surface area contributed by atoms with E-state index >= 15 is 0 Å². The monoisotopic (exact) mass is 411 g/mol. The summed E-state index contributed by atoms with van der Waals surface area (Å²) in [7, 11) is -3.77. The zero-order chi connectivity index (χ0) is 19.4. The van der Waals surface area contributed by atoms with E-state index < -0.39 is 15.8 Å². The molecule has 2 aromatic rings. The van der Waals surface area contributed by atoms with Gasteiger partial charge in [0.05, 0.1) is 15.5 Å². The molecule has 1 aromatic heterocycles. The highest BCUT2D eigenvalue weighted by Gasteiger charge is 2.30. The molecule has 1 aliphatic heterocycles. The fourth-order valence-corrected chi connectivity index (χ4v) is 4.86. The fraction of sp³-hybridized carbons (Fsp3) is 0.333. The van der Waals surface area contributed by atoms with Gasteiger partial charge in [-0.2, -0.15) is 4.31 Å². The van der Waals surface area contributed by atoms with Gasteiger partial charge in [-0.15, -0.1) is 0 Å². The lowest BCUT2D eigenvalue weighted by Crippen LogP contribution is -2.43. The number of halogens is 2. The SMILES string of the molecule is O=C(NCC1CCCN(S(=O)(=O)c2ccc(F)c(Cl)c2)C1)c1cccnc1. The number of nitrogens with zero attached hydrogens (tertiary/aromatic N) is 2. The van der Waals surface area contributed by atoms with E-state index in [9.17, 15) is 17.6 Å². The summed E-state index contributed by atoms with van der Waals surface area (Å²) in [5.41, 5.74) is 0.457. The number of sulfonamides is 1. The van der Waals surface area contributed by atoms with E-state index in [0.717, 1.165) is 18.6 Å². The van der Waals surface area contributed by atoms with Crippen LogP contribution in [0.25, 0.3) is 0 Å². The number of benzene rings is 1. The number of carbonyl (C=O) groups is 1. The van der Waals surface area contributed by atoms with Crippen LogP contribution >= 0.6 is 11.6 Å². The van der Waals surface area contributed by atoms with Gasteiger partial charge >= 0.3 is 0 Å². The van der Waals surface area contributed by atoms with Crippen LogP contribution in [0.2, 0.25) is 5.02 Å². The molecule has 1 fully saturated rings. The number of pyridine rings is 1. The molecule has 1 amide bonds. The first-order valence-corrected chi connectivity index (χ1v) is 10.3. The van der Waals surface area contributed by atoms with Crippen molar-refractivity contribution in [2.45, 2.75) is 17.7 Å². The van der Waals surface area contributed by atoms with Gasteiger partial charge in [0, 0.05) is 32.0 Å². The van der Waals surface area contributed by atoms with Crippen molar-refractivity contribution in [1.29, 1.82) is 0 Å². The first-order valence-electron chi connectivity index (χ1n) is 8.51. The van der Waals surface area contributed by atoms with Gasteiger partial charge in [0.2, 0.25) is 10.0 Å². The topological polar surface area (TPSA) is 79.4 Å². The molecular formula is C18H19ClFN3O3S. The number of rotatable bonds is 5. The van der Waals surface area contributed by atoms with Crippen LogP contribution in [0.3, 0.4) is 0 Å². The van der Waals surface area contributed by atoms with E-state index in [2.05, 4.69) is 10.3 Å². The largest absolute Gasteiger partial charge is 0.352 e. The Hall–Kier alpha value is -2.03. The predicted molar refractivity (Wildman–Crippen MR) is 99.5 cm³/mol. The number of aromatic nitrogens is 1. The Kier molecular flexibility index (Phi) is 6.08. The maximum absolute atomic E-state index is 13.3. The standard InChI is InChI=1S/C18H19ClFN3O3S/c19-16-9-15(5-6-17(16)20)27(25,26)23-8-2-3-13(12-23)10-22-18(24)14-4-1-7-21-11-14/h1,4-7,9,11,13H,2-3,8,10,12H2,(H,22,24). The molecule has 2 heterocycles. The Balaban J connectivity index is 1.65. The van der Waals surface area contributed by atoms with Crippen molar-refractivity contribution < 1.29 is 17.6 Å². The molecule has 144 valence electrons. The van der Waals surface area contributed by atoms with Crippen molar-refractivity contribution in [2.24, 2.45) is 5.92 Å². The molecule has 6 nitrogen and oxygen atoms in total. The summed E-state index contributed by atoms with van der Waals surface area (Å²) in [5, 5.41) is 2.60. The third kappa shape index (κ3) is 4.63. The Labute approximate surface area is 162 Å². The van der Waals surface area contributed by atoms with E-state index in [0.29, 0.717) is 25.1 Å². The van der Waals surface area contributed by atoms with Gasteiger partial charge in [-0.25, -0.2) is 12.8 Å². The third-order valence-corrected chi connectivity index (χ3v) is 6.64. The summed E-state index contributed by atoms with van der Waals surface area (Å²) < 4.78 is 40.3. The molecule has 1 N–H and O–H groups in total. The van der Waals surface area contributed by atoms with Crippen LogP contribution in [0, 0.1) is 11.7 Å². The second-order valence-electron chi connectivity index (χ2n) is 6.40. The highest BCUT2D eigenvalue weighted by atomic mass is 35.5. The third-order valence-electron chi connectivity index (χ3n) is 4.49. The maximum atomic E-state index is 13.3. The van der Waals surface area contributed by atoms with Crippen molar-refractivity contribution in [3.05, 3.63) is 59.1 Å². The molecule has 0 radical (unpaired) electrons. The Morgan fingerprint density at radius 2 is 2.19 bits per heavy atom. The molecule has 27 heavy (non-hydrogen) atoms. The first kappa shape index (κ1) is 19.7. The van der Waals surface area contributed by atoms with Gasteiger partial charge in [-0.05, 0) is 49.1 Å². The van der Waals surface area contributed by atoms with Crippen LogP contribution in [-0.4, -0.2) is 43.2 Å². The minimum absolute atomic E-state index is 0.00920. The number of amides is 1. The summed E-state index contributed by atoms with van der Waals surface area (Å²) in [6.45, 7) is 1.03. The van der Waals surface area contributed by atoms with Gasteiger partial charge in [0.1, 0.15) is 5.82 Å². The van der Waals surface area contributed by atoms with Gasteiger partial charge in [-0.3, -0.25) is 9.78 Å². The van der Waals surface area contributed by atoms with E-state index in [-0.39, 0.29) is 28.3 Å². The maximum Gasteiger partial charge on any atom is 0.252 e. The Morgan fingerprint density at radius 1 is 1.37 bits per heavy atom. The molecule has 3 rings (SSSR count). The predicted octanol–water partition coefficient (Wildman–Crippen LogP) is 2.70. The zero-order valence-corrected chi connectivity index (χ0v) is 16.0. The van der Waals surface area contributed by atoms with Gasteiger partial charge in [-0.1, -0.05) is 11.6 Å². The molecule has 9 heteroatoms. The van der Waals surface area contributed by atoms with Crippen molar-refractivity contribution in [2.75, 3.05) is 19.6 Å². The molecule has 1 unspecified atom stereocenters. The number of hydrogen-bond donors (Lipinski definition) is 1. The smallest absolute Gasteiger partial charge is 0.252 e. The number of hydrogen-bond acceptors (Lipinski definition) is 4. The lowest BCUT2D eigenvalue weighted by atomic mass is 9.99. The fourth-order valence-electron chi connectivity index (χ4n) is 3.03. The van der Waals surface area contributed by atoms with Crippen molar-refractivity contribution in [1.82, 2.24) is 14.6 Å². The molecule has 1 saturated heterocycles. The van der Waals surface area contributed by atoms with Gasteiger partial charge in [0.25, 0.3) is 5.91 Å². The van der Waals surface area contributed by atoms with Crippen LogP contribution in [0.4, 0.5) is 4.39 Å². The second kappa shape index (κ2) is 8.33. The van der Waals surface area contributed by atoms with E-state index in [1.807, 2.05) is 0 Å². The van der Waals surface area contributed by atoms with Crippen molar-refractivity contribution in [3.63, 3.8) is 0 Å². The molecule has 0 spiro atoms. The summed E-state index contributed by atoms with van der Waals surface area (Å²) in [6.07, 6.45) is 4.55. The molecule has 1 aromatic carbocycles. The Bertz CT molecular complexity index is 925. The summed E-state index contributed by atoms with van der Waals surface area (Å²) >= 11 is 5.72. The summed E-state index contributed by atoms with van der Waals surface area (Å²) in [5.74, 6) is -0.913. The lowest BCUT2D eigenvalue weighted by molar-refractivity contribution is 0.0941.